The van der Waals surface area contributed by atoms with E-state index in [1.807, 2.05) is 7.05 Å². The molecule has 1 atom stereocenters. The van der Waals surface area contributed by atoms with E-state index in [4.69, 9.17) is 0 Å². The molecule has 242 valence electrons. The average molecular weight is 647 g/mol. The van der Waals surface area contributed by atoms with E-state index in [9.17, 15) is 31.9 Å². The molecule has 2 aliphatic carbocycles. The molecule has 4 amide bonds. The van der Waals surface area contributed by atoms with E-state index < -0.39 is 84.8 Å². The van der Waals surface area contributed by atoms with Crippen molar-refractivity contribution in [2.45, 2.75) is 55.0 Å². The molecule has 3 fully saturated rings. The first-order chi connectivity index (χ1) is 21.6. The van der Waals surface area contributed by atoms with Crippen LogP contribution in [-0.2, 0) is 27.6 Å². The van der Waals surface area contributed by atoms with Gasteiger partial charge in [0.15, 0.2) is 5.54 Å². The van der Waals surface area contributed by atoms with Crippen molar-refractivity contribution in [1.82, 2.24) is 29.8 Å². The maximum atomic E-state index is 15.6. The van der Waals surface area contributed by atoms with E-state index in [1.54, 1.807) is 17.1 Å². The number of likely N-dealkylation sites (N-methyl/N-ethyl adjacent to an activating group) is 1. The van der Waals surface area contributed by atoms with Gasteiger partial charge in [-0.1, -0.05) is 24.3 Å². The van der Waals surface area contributed by atoms with Crippen LogP contribution in [0.1, 0.15) is 42.0 Å². The Bertz CT molecular complexity index is 1750. The van der Waals surface area contributed by atoms with Gasteiger partial charge in [-0.25, -0.2) is 18.0 Å². The highest BCUT2D eigenvalue weighted by atomic mass is 19.4. The van der Waals surface area contributed by atoms with Gasteiger partial charge in [0.1, 0.15) is 17.9 Å². The first-order valence-corrected chi connectivity index (χ1v) is 14.7. The van der Waals surface area contributed by atoms with Crippen LogP contribution in [0.4, 0.5) is 31.1 Å². The molecule has 2 aliphatic heterocycles. The molecule has 2 saturated heterocycles. The maximum Gasteiger partial charge on any atom is 0.411 e. The number of hydrogen-bond donors (Lipinski definition) is 1. The Balaban J connectivity index is 1.16. The Morgan fingerprint density at radius 2 is 1.74 bits per heavy atom. The Hall–Kier alpha value is -4.40. The van der Waals surface area contributed by atoms with Gasteiger partial charge in [0, 0.05) is 37.0 Å². The lowest BCUT2D eigenvalue weighted by Gasteiger charge is -2.36. The summed E-state index contributed by atoms with van der Waals surface area (Å²) in [5.41, 5.74) is -4.15. The Morgan fingerprint density at radius 1 is 1.04 bits per heavy atom. The van der Waals surface area contributed by atoms with Gasteiger partial charge in [0.25, 0.3) is 11.8 Å². The van der Waals surface area contributed by atoms with E-state index in [0.717, 1.165) is 25.2 Å². The second kappa shape index (κ2) is 10.0. The van der Waals surface area contributed by atoms with Crippen LogP contribution in [0.2, 0.25) is 0 Å². The second-order valence-electron chi connectivity index (χ2n) is 12.6. The van der Waals surface area contributed by atoms with E-state index in [2.05, 4.69) is 15.3 Å². The summed E-state index contributed by atoms with van der Waals surface area (Å²) in [6, 6.07) is 7.63. The third-order valence-corrected chi connectivity index (χ3v) is 9.51. The molecule has 3 heterocycles. The van der Waals surface area contributed by atoms with Crippen LogP contribution in [-0.4, -0.2) is 80.7 Å². The van der Waals surface area contributed by atoms with Gasteiger partial charge in [-0.05, 0) is 54.8 Å². The van der Waals surface area contributed by atoms with Crippen LogP contribution < -0.4 is 5.32 Å². The Labute approximate surface area is 258 Å². The van der Waals surface area contributed by atoms with E-state index in [0.29, 0.717) is 20.9 Å². The number of carbonyl (C=O) groups excluding carboxylic acids is 3. The van der Waals surface area contributed by atoms with Crippen molar-refractivity contribution in [3.05, 3.63) is 77.4 Å². The summed E-state index contributed by atoms with van der Waals surface area (Å²) in [6.07, 6.45) is -3.42. The summed E-state index contributed by atoms with van der Waals surface area (Å²) < 4.78 is 88.8. The number of benzene rings is 2. The Kier molecular flexibility index (Phi) is 6.61. The van der Waals surface area contributed by atoms with Crippen LogP contribution >= 0.6 is 0 Å². The molecule has 3 aromatic rings. The summed E-state index contributed by atoms with van der Waals surface area (Å²) in [7, 11) is 1.97. The zero-order valence-electron chi connectivity index (χ0n) is 24.5. The van der Waals surface area contributed by atoms with Crippen LogP contribution in [0, 0.1) is 5.82 Å². The maximum absolute atomic E-state index is 15.6. The predicted octanol–water partition coefficient (Wildman–Crippen LogP) is 4.54. The van der Waals surface area contributed by atoms with Crippen molar-refractivity contribution in [3.8, 4) is 11.1 Å². The number of halogens is 6. The van der Waals surface area contributed by atoms with Crippen molar-refractivity contribution in [3.63, 3.8) is 0 Å². The highest BCUT2D eigenvalue weighted by Crippen LogP contribution is 2.55. The highest BCUT2D eigenvalue weighted by molar-refractivity contribution is 6.10. The minimum absolute atomic E-state index is 0.153. The fourth-order valence-electron chi connectivity index (χ4n) is 6.81. The normalized spacial score (nSPS) is 23.4. The number of imide groups is 1. The SMILES string of the molecule is CN1CC(n2cc(-c3ccc4c(c3)C(F)(F)C[C@]43NC(=O)N(CC(=O)N(Cc4ccc(F)cc4)C4(C(F)(F)F)CC4)C3=O)cn2)C1. The molecular weight excluding hydrogens is 618 g/mol. The van der Waals surface area contributed by atoms with Gasteiger partial charge < -0.3 is 15.1 Å². The largest absolute Gasteiger partial charge is 0.411 e. The molecule has 15 heteroatoms. The number of likely N-dealkylation sites (tertiary alicyclic amines) is 1. The summed E-state index contributed by atoms with van der Waals surface area (Å²) in [5.74, 6) is -6.53. The van der Waals surface area contributed by atoms with Crippen LogP contribution in [0.5, 0.6) is 0 Å². The van der Waals surface area contributed by atoms with Gasteiger partial charge in [0.05, 0.1) is 18.7 Å². The van der Waals surface area contributed by atoms with Gasteiger partial charge in [-0.15, -0.1) is 0 Å². The second-order valence-corrected chi connectivity index (χ2v) is 12.6. The Morgan fingerprint density at radius 3 is 2.37 bits per heavy atom. The number of carbonyl (C=O) groups is 3. The molecule has 1 saturated carbocycles. The minimum atomic E-state index is -4.82. The van der Waals surface area contributed by atoms with Gasteiger partial charge in [-0.3, -0.25) is 19.2 Å². The van der Waals surface area contributed by atoms with Gasteiger partial charge in [-0.2, -0.15) is 18.3 Å². The number of alkyl halides is 5. The van der Waals surface area contributed by atoms with Gasteiger partial charge in [0.2, 0.25) is 5.91 Å². The molecule has 46 heavy (non-hydrogen) atoms. The summed E-state index contributed by atoms with van der Waals surface area (Å²) >= 11 is 0. The number of aromatic nitrogens is 2. The van der Waals surface area contributed by atoms with Crippen molar-refractivity contribution >= 4 is 17.8 Å². The fourth-order valence-corrected chi connectivity index (χ4v) is 6.81. The van der Waals surface area contributed by atoms with Crippen molar-refractivity contribution in [2.24, 2.45) is 0 Å². The third kappa shape index (κ3) is 4.65. The number of nitrogens with one attached hydrogen (secondary N) is 1. The standard InChI is InChI=1S/C31H28F6N6O3/c1-40-14-22(15-40)43-13-20(11-38-43)19-4-7-23-24(10-19)30(33,34)17-29(23)26(45)41(27(46)39-29)16-25(44)42(28(8-9-28)31(35,36)37)12-18-2-5-21(32)6-3-18/h2-7,10-11,13,22H,8-9,12,14-17H2,1H3,(H,39,46)/t29-/m0/s1. The zero-order valence-corrected chi connectivity index (χ0v) is 24.5. The molecule has 4 aliphatic rings. The summed E-state index contributed by atoms with van der Waals surface area (Å²) in [4.78, 5) is 43.4. The lowest BCUT2D eigenvalue weighted by atomic mass is 9.90. The number of rotatable bonds is 7. The number of amides is 4. The molecule has 9 nitrogen and oxygen atoms in total. The monoisotopic (exact) mass is 646 g/mol. The minimum Gasteiger partial charge on any atom is -0.322 e. The van der Waals surface area contributed by atoms with Gasteiger partial charge >= 0.3 is 12.2 Å². The first kappa shape index (κ1) is 30.3. The lowest BCUT2D eigenvalue weighted by molar-refractivity contribution is -0.202. The van der Waals surface area contributed by atoms with E-state index in [-0.39, 0.29) is 17.2 Å². The lowest BCUT2D eigenvalue weighted by Crippen LogP contribution is -2.54. The van der Waals surface area contributed by atoms with E-state index >= 15 is 8.78 Å². The quantitative estimate of drug-likeness (QED) is 0.301. The van der Waals surface area contributed by atoms with Crippen molar-refractivity contribution in [1.29, 1.82) is 0 Å². The van der Waals surface area contributed by atoms with Crippen LogP contribution in [0.15, 0.2) is 54.9 Å². The molecule has 1 N–H and O–H groups in total. The van der Waals surface area contributed by atoms with Crippen molar-refractivity contribution < 1.29 is 40.7 Å². The molecular formula is C31H28F6N6O3. The fraction of sp³-hybridized carbons (Fsp3) is 0.419. The van der Waals surface area contributed by atoms with Crippen LogP contribution in [0.3, 0.4) is 0 Å². The zero-order chi connectivity index (χ0) is 32.8. The number of nitrogens with zero attached hydrogens (tertiary/aromatic N) is 5. The van der Waals surface area contributed by atoms with Crippen molar-refractivity contribution in [2.75, 3.05) is 26.7 Å². The predicted molar refractivity (Wildman–Crippen MR) is 150 cm³/mol. The topological polar surface area (TPSA) is 90.8 Å². The molecule has 0 radical (unpaired) electrons. The summed E-state index contributed by atoms with van der Waals surface area (Å²) in [5, 5.41) is 6.68. The number of urea groups is 1. The van der Waals surface area contributed by atoms with E-state index in [1.165, 1.54) is 30.3 Å². The first-order valence-electron chi connectivity index (χ1n) is 14.7. The third-order valence-electron chi connectivity index (χ3n) is 9.51. The summed E-state index contributed by atoms with van der Waals surface area (Å²) in [6.45, 7) is -0.0626. The number of fused-ring (bicyclic) bond motifs is 2. The molecule has 0 bridgehead atoms. The molecule has 0 unspecified atom stereocenters. The van der Waals surface area contributed by atoms with Crippen LogP contribution in [0.25, 0.3) is 11.1 Å². The molecule has 2 aromatic carbocycles. The number of hydrogen-bond acceptors (Lipinski definition) is 5. The molecule has 1 spiro atoms. The highest BCUT2D eigenvalue weighted by Gasteiger charge is 2.69. The smallest absolute Gasteiger partial charge is 0.322 e. The molecule has 7 rings (SSSR count). The average Bonchev–Trinajstić information content (AvgIpc) is 3.53. The molecule has 1 aromatic heterocycles.